The van der Waals surface area contributed by atoms with Crippen LogP contribution in [0.2, 0.25) is 0 Å². The second-order valence-corrected chi connectivity index (χ2v) is 7.72. The van der Waals surface area contributed by atoms with E-state index in [0.29, 0.717) is 11.4 Å². The Hall–Kier alpha value is -3.17. The van der Waals surface area contributed by atoms with Crippen LogP contribution in [0.15, 0.2) is 65.8 Å². The lowest BCUT2D eigenvalue weighted by atomic mass is 10.2. The number of carbonyl (C=O) groups is 1. The first-order chi connectivity index (χ1) is 13.0. The third-order valence-electron chi connectivity index (χ3n) is 4.02. The first-order valence-electron chi connectivity index (χ1n) is 8.17. The number of sulfonamides is 1. The standard InChI is InChI=1S/C18H16N4O4S/c23-18-12-26-17-7-6-15(8-16(17)21-18)27(24,25)20-10-13-9-19-22(11-13)14-4-2-1-3-5-14/h1-9,11,20H,10,12H2,(H,21,23). The van der Waals surface area contributed by atoms with Crippen molar-refractivity contribution in [2.45, 2.75) is 11.4 Å². The summed E-state index contributed by atoms with van der Waals surface area (Å²) in [7, 11) is -3.76. The number of benzene rings is 2. The van der Waals surface area contributed by atoms with Gasteiger partial charge in [-0.3, -0.25) is 4.79 Å². The summed E-state index contributed by atoms with van der Waals surface area (Å²) in [6.07, 6.45) is 3.37. The van der Waals surface area contributed by atoms with Crippen molar-refractivity contribution < 1.29 is 17.9 Å². The first kappa shape index (κ1) is 17.3. The zero-order chi connectivity index (χ0) is 18.9. The third-order valence-corrected chi connectivity index (χ3v) is 5.42. The van der Waals surface area contributed by atoms with E-state index < -0.39 is 10.0 Å². The molecule has 2 N–H and O–H groups in total. The Kier molecular flexibility index (Phi) is 4.38. The molecule has 0 spiro atoms. The number of amides is 1. The van der Waals surface area contributed by atoms with E-state index in [1.807, 2.05) is 30.3 Å². The van der Waals surface area contributed by atoms with E-state index in [9.17, 15) is 13.2 Å². The topological polar surface area (TPSA) is 102 Å². The molecule has 2 heterocycles. The lowest BCUT2D eigenvalue weighted by Gasteiger charge is -2.18. The lowest BCUT2D eigenvalue weighted by Crippen LogP contribution is -2.27. The van der Waals surface area contributed by atoms with Crippen LogP contribution < -0.4 is 14.8 Å². The van der Waals surface area contributed by atoms with Crippen molar-refractivity contribution in [3.05, 3.63) is 66.5 Å². The number of rotatable bonds is 5. The maximum atomic E-state index is 12.6. The molecule has 9 heteroatoms. The predicted octanol–water partition coefficient (Wildman–Crippen LogP) is 1.68. The van der Waals surface area contributed by atoms with Crippen molar-refractivity contribution in [1.82, 2.24) is 14.5 Å². The summed E-state index contributed by atoms with van der Waals surface area (Å²) in [6.45, 7) is 0.0118. The number of para-hydroxylation sites is 1. The Balaban J connectivity index is 1.49. The number of anilines is 1. The molecule has 1 amide bonds. The van der Waals surface area contributed by atoms with Crippen LogP contribution in [0.3, 0.4) is 0 Å². The van der Waals surface area contributed by atoms with E-state index in [-0.39, 0.29) is 24.0 Å². The highest BCUT2D eigenvalue weighted by atomic mass is 32.2. The molecule has 4 rings (SSSR count). The first-order valence-corrected chi connectivity index (χ1v) is 9.65. The van der Waals surface area contributed by atoms with Crippen LogP contribution >= 0.6 is 0 Å². The number of ether oxygens (including phenoxy) is 1. The van der Waals surface area contributed by atoms with Crippen LogP contribution in [-0.2, 0) is 21.4 Å². The van der Waals surface area contributed by atoms with E-state index in [1.54, 1.807) is 17.1 Å². The normalized spacial score (nSPS) is 13.6. The van der Waals surface area contributed by atoms with Crippen LogP contribution in [0.4, 0.5) is 5.69 Å². The van der Waals surface area contributed by atoms with E-state index in [1.165, 1.54) is 18.2 Å². The highest BCUT2D eigenvalue weighted by Gasteiger charge is 2.21. The van der Waals surface area contributed by atoms with E-state index in [0.717, 1.165) is 11.3 Å². The van der Waals surface area contributed by atoms with Crippen molar-refractivity contribution in [1.29, 1.82) is 0 Å². The highest BCUT2D eigenvalue weighted by molar-refractivity contribution is 7.89. The van der Waals surface area contributed by atoms with Gasteiger partial charge in [0.25, 0.3) is 5.91 Å². The van der Waals surface area contributed by atoms with Crippen molar-refractivity contribution in [3.63, 3.8) is 0 Å². The molecule has 0 atom stereocenters. The van der Waals surface area contributed by atoms with Crippen LogP contribution in [0.1, 0.15) is 5.56 Å². The summed E-state index contributed by atoms with van der Waals surface area (Å²) >= 11 is 0. The molecule has 0 saturated carbocycles. The predicted molar refractivity (Wildman–Crippen MR) is 98.2 cm³/mol. The molecule has 2 aromatic carbocycles. The summed E-state index contributed by atoms with van der Waals surface area (Å²) in [4.78, 5) is 11.5. The van der Waals surface area contributed by atoms with Gasteiger partial charge in [0.05, 0.1) is 22.5 Å². The maximum absolute atomic E-state index is 12.6. The summed E-state index contributed by atoms with van der Waals surface area (Å²) in [5.41, 5.74) is 1.94. The molecular weight excluding hydrogens is 368 g/mol. The molecule has 1 aromatic heterocycles. The number of carbonyl (C=O) groups excluding carboxylic acids is 1. The summed E-state index contributed by atoms with van der Waals surface area (Å²) < 4.78 is 34.6. The number of aromatic nitrogens is 2. The Bertz CT molecular complexity index is 1090. The Morgan fingerprint density at radius 2 is 2.00 bits per heavy atom. The lowest BCUT2D eigenvalue weighted by molar-refractivity contribution is -0.118. The molecule has 27 heavy (non-hydrogen) atoms. The molecule has 0 bridgehead atoms. The second kappa shape index (κ2) is 6.86. The summed E-state index contributed by atoms with van der Waals surface area (Å²) in [6, 6.07) is 13.9. The molecule has 0 unspecified atom stereocenters. The molecule has 138 valence electrons. The van der Waals surface area contributed by atoms with E-state index >= 15 is 0 Å². The van der Waals surface area contributed by atoms with Gasteiger partial charge in [-0.05, 0) is 30.3 Å². The number of hydrogen-bond donors (Lipinski definition) is 2. The van der Waals surface area contributed by atoms with Crippen LogP contribution in [0.5, 0.6) is 5.75 Å². The second-order valence-electron chi connectivity index (χ2n) is 5.95. The molecule has 1 aliphatic heterocycles. The van der Waals surface area contributed by atoms with Gasteiger partial charge in [-0.15, -0.1) is 0 Å². The van der Waals surface area contributed by atoms with Crippen molar-refractivity contribution in [3.8, 4) is 11.4 Å². The summed E-state index contributed by atoms with van der Waals surface area (Å²) in [5.74, 6) is 0.121. The fourth-order valence-electron chi connectivity index (χ4n) is 2.66. The molecule has 0 radical (unpaired) electrons. The minimum Gasteiger partial charge on any atom is -0.482 e. The van der Waals surface area contributed by atoms with Gasteiger partial charge in [0, 0.05) is 18.3 Å². The number of nitrogens with zero attached hydrogens (tertiary/aromatic N) is 2. The average molecular weight is 384 g/mol. The minimum atomic E-state index is -3.76. The van der Waals surface area contributed by atoms with Crippen LogP contribution in [-0.4, -0.2) is 30.7 Å². The maximum Gasteiger partial charge on any atom is 0.262 e. The van der Waals surface area contributed by atoms with Gasteiger partial charge < -0.3 is 10.1 Å². The molecule has 8 nitrogen and oxygen atoms in total. The smallest absolute Gasteiger partial charge is 0.262 e. The SMILES string of the molecule is O=C1COc2ccc(S(=O)(=O)NCc3cnn(-c4ccccc4)c3)cc2N1. The molecule has 0 aliphatic carbocycles. The van der Waals surface area contributed by atoms with Gasteiger partial charge in [0.15, 0.2) is 6.61 Å². The molecule has 0 saturated heterocycles. The number of hydrogen-bond acceptors (Lipinski definition) is 5. The van der Waals surface area contributed by atoms with Crippen LogP contribution in [0.25, 0.3) is 5.69 Å². The zero-order valence-electron chi connectivity index (χ0n) is 14.1. The minimum absolute atomic E-state index is 0.0440. The quantitative estimate of drug-likeness (QED) is 0.697. The number of nitrogens with one attached hydrogen (secondary N) is 2. The Labute approximate surface area is 155 Å². The van der Waals surface area contributed by atoms with Gasteiger partial charge in [0.2, 0.25) is 10.0 Å². The Morgan fingerprint density at radius 1 is 1.19 bits per heavy atom. The van der Waals surface area contributed by atoms with E-state index in [2.05, 4.69) is 15.1 Å². The molecule has 0 fully saturated rings. The fraction of sp³-hybridized carbons (Fsp3) is 0.111. The Morgan fingerprint density at radius 3 is 2.81 bits per heavy atom. The van der Waals surface area contributed by atoms with Gasteiger partial charge >= 0.3 is 0 Å². The number of fused-ring (bicyclic) bond motifs is 1. The third kappa shape index (κ3) is 3.69. The fourth-order valence-corrected chi connectivity index (χ4v) is 3.71. The highest BCUT2D eigenvalue weighted by Crippen LogP contribution is 2.30. The molecule has 3 aromatic rings. The van der Waals surface area contributed by atoms with Crippen molar-refractivity contribution in [2.24, 2.45) is 0 Å². The van der Waals surface area contributed by atoms with Crippen LogP contribution in [0, 0.1) is 0 Å². The zero-order valence-corrected chi connectivity index (χ0v) is 14.9. The van der Waals surface area contributed by atoms with Gasteiger partial charge in [-0.25, -0.2) is 17.8 Å². The summed E-state index contributed by atoms with van der Waals surface area (Å²) in [5, 5.41) is 6.84. The molecular formula is C18H16N4O4S. The van der Waals surface area contributed by atoms with Gasteiger partial charge in [0.1, 0.15) is 5.75 Å². The van der Waals surface area contributed by atoms with Crippen molar-refractivity contribution in [2.75, 3.05) is 11.9 Å². The van der Waals surface area contributed by atoms with Crippen molar-refractivity contribution >= 4 is 21.6 Å². The van der Waals surface area contributed by atoms with Gasteiger partial charge in [-0.1, -0.05) is 18.2 Å². The average Bonchev–Trinajstić information content (AvgIpc) is 3.16. The van der Waals surface area contributed by atoms with Gasteiger partial charge in [-0.2, -0.15) is 5.10 Å². The largest absolute Gasteiger partial charge is 0.482 e. The molecule has 1 aliphatic rings. The van der Waals surface area contributed by atoms with E-state index in [4.69, 9.17) is 4.74 Å². The monoisotopic (exact) mass is 384 g/mol.